The maximum absolute atomic E-state index is 8.41. The molecule has 0 aromatic carbocycles. The first-order chi connectivity index (χ1) is 5.77. The van der Waals surface area contributed by atoms with Gasteiger partial charge in [0, 0.05) is 12.5 Å². The fourth-order valence-corrected chi connectivity index (χ4v) is 1.62. The molecule has 0 amide bonds. The molecule has 4 heteroatoms. The van der Waals surface area contributed by atoms with Gasteiger partial charge in [-0.3, -0.25) is 0 Å². The summed E-state index contributed by atoms with van der Waals surface area (Å²) >= 11 is 1.53. The summed E-state index contributed by atoms with van der Waals surface area (Å²) in [7, 11) is 1.65. The largest absolute Gasteiger partial charge is 0.375 e. The van der Waals surface area contributed by atoms with Gasteiger partial charge in [-0.25, -0.2) is 4.98 Å². The number of nitrogens with zero attached hydrogens (tertiary/aromatic N) is 2. The number of thiazole rings is 1. The molecule has 1 unspecified atom stereocenters. The third-order valence-corrected chi connectivity index (χ3v) is 2.59. The highest BCUT2D eigenvalue weighted by Crippen LogP contribution is 2.20. The molecule has 0 aliphatic carbocycles. The molecule has 0 saturated heterocycles. The molecule has 0 bridgehead atoms. The van der Waals surface area contributed by atoms with Crippen molar-refractivity contribution in [2.75, 3.05) is 7.11 Å². The predicted molar refractivity (Wildman–Crippen MR) is 46.9 cm³/mol. The molecule has 0 aliphatic rings. The minimum Gasteiger partial charge on any atom is -0.375 e. The van der Waals surface area contributed by atoms with E-state index in [1.165, 1.54) is 11.3 Å². The number of aromatic nitrogens is 1. The standard InChI is InChI=1S/C8H10N2OS/c1-6(11-2)8-10-7(3-4-9)5-12-8/h5-6H,3H2,1-2H3. The van der Waals surface area contributed by atoms with Crippen LogP contribution in [0.2, 0.25) is 0 Å². The molecule has 0 spiro atoms. The van der Waals surface area contributed by atoms with Crippen molar-refractivity contribution in [2.45, 2.75) is 19.4 Å². The van der Waals surface area contributed by atoms with E-state index in [-0.39, 0.29) is 6.10 Å². The molecule has 64 valence electrons. The first-order valence-electron chi connectivity index (χ1n) is 3.62. The minimum atomic E-state index is 0.0300. The number of methoxy groups -OCH3 is 1. The van der Waals surface area contributed by atoms with Gasteiger partial charge in [-0.1, -0.05) is 0 Å². The van der Waals surface area contributed by atoms with Gasteiger partial charge in [-0.2, -0.15) is 5.26 Å². The van der Waals surface area contributed by atoms with Crippen molar-refractivity contribution in [3.8, 4) is 6.07 Å². The first-order valence-corrected chi connectivity index (χ1v) is 4.50. The van der Waals surface area contributed by atoms with Gasteiger partial charge < -0.3 is 4.74 Å². The Morgan fingerprint density at radius 1 is 1.83 bits per heavy atom. The van der Waals surface area contributed by atoms with E-state index in [9.17, 15) is 0 Å². The number of rotatable bonds is 3. The van der Waals surface area contributed by atoms with E-state index in [2.05, 4.69) is 11.1 Å². The van der Waals surface area contributed by atoms with E-state index in [0.717, 1.165) is 10.7 Å². The second-order valence-corrected chi connectivity index (χ2v) is 3.28. The zero-order chi connectivity index (χ0) is 8.97. The van der Waals surface area contributed by atoms with Gasteiger partial charge in [-0.05, 0) is 6.92 Å². The van der Waals surface area contributed by atoms with Crippen molar-refractivity contribution in [3.63, 3.8) is 0 Å². The molecule has 0 N–H and O–H groups in total. The average Bonchev–Trinajstić information content (AvgIpc) is 2.52. The number of ether oxygens (including phenoxy) is 1. The monoisotopic (exact) mass is 182 g/mol. The molecule has 1 rings (SSSR count). The molecule has 0 aliphatic heterocycles. The van der Waals surface area contributed by atoms with Gasteiger partial charge in [0.15, 0.2) is 0 Å². The Hall–Kier alpha value is -0.920. The van der Waals surface area contributed by atoms with Crippen molar-refractivity contribution in [1.82, 2.24) is 4.98 Å². The normalized spacial score (nSPS) is 12.4. The highest BCUT2D eigenvalue weighted by molar-refractivity contribution is 7.09. The van der Waals surface area contributed by atoms with E-state index in [0.29, 0.717) is 6.42 Å². The maximum atomic E-state index is 8.41. The van der Waals surface area contributed by atoms with Gasteiger partial charge in [0.1, 0.15) is 11.1 Å². The Morgan fingerprint density at radius 2 is 2.58 bits per heavy atom. The van der Waals surface area contributed by atoms with Crippen LogP contribution in [-0.4, -0.2) is 12.1 Å². The topological polar surface area (TPSA) is 45.9 Å². The molecule has 3 nitrogen and oxygen atoms in total. The third kappa shape index (κ3) is 2.03. The van der Waals surface area contributed by atoms with E-state index < -0.39 is 0 Å². The lowest BCUT2D eigenvalue weighted by Gasteiger charge is -2.03. The van der Waals surface area contributed by atoms with Crippen LogP contribution in [0.5, 0.6) is 0 Å². The van der Waals surface area contributed by atoms with Crippen LogP contribution in [0.3, 0.4) is 0 Å². The molecular weight excluding hydrogens is 172 g/mol. The predicted octanol–water partition coefficient (Wildman–Crippen LogP) is 1.92. The number of hydrogen-bond donors (Lipinski definition) is 0. The van der Waals surface area contributed by atoms with Crippen LogP contribution in [0, 0.1) is 11.3 Å². The molecule has 0 fully saturated rings. The van der Waals surface area contributed by atoms with Gasteiger partial charge >= 0.3 is 0 Å². The lowest BCUT2D eigenvalue weighted by molar-refractivity contribution is 0.119. The van der Waals surface area contributed by atoms with Gasteiger partial charge in [0.25, 0.3) is 0 Å². The Balaban J connectivity index is 2.71. The summed E-state index contributed by atoms with van der Waals surface area (Å²) in [6.07, 6.45) is 0.412. The Labute approximate surface area is 75.6 Å². The van der Waals surface area contributed by atoms with Crippen molar-refractivity contribution < 1.29 is 4.74 Å². The molecule has 1 atom stereocenters. The fourth-order valence-electron chi connectivity index (χ4n) is 0.772. The van der Waals surface area contributed by atoms with Crippen LogP contribution in [0.15, 0.2) is 5.38 Å². The quantitative estimate of drug-likeness (QED) is 0.717. The summed E-state index contributed by atoms with van der Waals surface area (Å²) in [5.41, 5.74) is 0.835. The molecule has 12 heavy (non-hydrogen) atoms. The number of nitriles is 1. The second kappa shape index (κ2) is 4.19. The van der Waals surface area contributed by atoms with Crippen LogP contribution in [0.1, 0.15) is 23.7 Å². The first kappa shape index (κ1) is 9.17. The smallest absolute Gasteiger partial charge is 0.122 e. The van der Waals surface area contributed by atoms with E-state index in [1.54, 1.807) is 7.11 Å². The summed E-state index contributed by atoms with van der Waals surface area (Å²) in [6, 6.07) is 2.06. The van der Waals surface area contributed by atoms with Gasteiger partial charge in [0.2, 0.25) is 0 Å². The second-order valence-electron chi connectivity index (χ2n) is 2.39. The summed E-state index contributed by atoms with van der Waals surface area (Å²) in [5.74, 6) is 0. The van der Waals surface area contributed by atoms with Crippen molar-refractivity contribution in [1.29, 1.82) is 5.26 Å². The molecule has 1 heterocycles. The zero-order valence-corrected chi connectivity index (χ0v) is 7.89. The van der Waals surface area contributed by atoms with Crippen molar-refractivity contribution in [3.05, 3.63) is 16.1 Å². The highest BCUT2D eigenvalue weighted by atomic mass is 32.1. The molecular formula is C8H10N2OS. The third-order valence-electron chi connectivity index (χ3n) is 1.53. The van der Waals surface area contributed by atoms with Crippen molar-refractivity contribution >= 4 is 11.3 Å². The highest BCUT2D eigenvalue weighted by Gasteiger charge is 2.08. The van der Waals surface area contributed by atoms with E-state index >= 15 is 0 Å². The SMILES string of the molecule is COC(C)c1nc(CC#N)cs1. The lowest BCUT2D eigenvalue weighted by Crippen LogP contribution is -1.95. The van der Waals surface area contributed by atoms with Crippen LogP contribution in [0.4, 0.5) is 0 Å². The fraction of sp³-hybridized carbons (Fsp3) is 0.500. The van der Waals surface area contributed by atoms with Crippen LogP contribution < -0.4 is 0 Å². The van der Waals surface area contributed by atoms with Gasteiger partial charge in [0.05, 0.1) is 18.2 Å². The summed E-state index contributed by atoms with van der Waals surface area (Å²) in [6.45, 7) is 1.94. The molecule has 1 aromatic rings. The van der Waals surface area contributed by atoms with Crippen LogP contribution in [0.25, 0.3) is 0 Å². The molecule has 0 radical (unpaired) electrons. The molecule has 0 saturated carbocycles. The van der Waals surface area contributed by atoms with E-state index in [4.69, 9.17) is 10.00 Å². The summed E-state index contributed by atoms with van der Waals surface area (Å²) < 4.78 is 5.09. The number of hydrogen-bond acceptors (Lipinski definition) is 4. The molecule has 1 aromatic heterocycles. The van der Waals surface area contributed by atoms with Gasteiger partial charge in [-0.15, -0.1) is 11.3 Å². The van der Waals surface area contributed by atoms with Crippen molar-refractivity contribution in [2.24, 2.45) is 0 Å². The Kier molecular flexibility index (Phi) is 3.20. The zero-order valence-electron chi connectivity index (χ0n) is 7.07. The van der Waals surface area contributed by atoms with Crippen LogP contribution in [-0.2, 0) is 11.2 Å². The van der Waals surface area contributed by atoms with Crippen LogP contribution >= 0.6 is 11.3 Å². The summed E-state index contributed by atoms with van der Waals surface area (Å²) in [4.78, 5) is 4.24. The van der Waals surface area contributed by atoms with E-state index in [1.807, 2.05) is 12.3 Å². The summed E-state index contributed by atoms with van der Waals surface area (Å²) in [5, 5.41) is 11.2. The average molecular weight is 182 g/mol. The Morgan fingerprint density at radius 3 is 3.17 bits per heavy atom. The minimum absolute atomic E-state index is 0.0300. The maximum Gasteiger partial charge on any atom is 0.122 e. The lowest BCUT2D eigenvalue weighted by atomic mass is 10.3. The Bertz CT molecular complexity index is 289.